The molecule has 1 aromatic carbocycles. The van der Waals surface area contributed by atoms with Gasteiger partial charge in [0.1, 0.15) is 0 Å². The lowest BCUT2D eigenvalue weighted by atomic mass is 10.2. The number of benzene rings is 1. The van der Waals surface area contributed by atoms with Crippen molar-refractivity contribution in [2.45, 2.75) is 12.0 Å². The Morgan fingerprint density at radius 2 is 2.00 bits per heavy atom. The molecule has 2 rings (SSSR count). The van der Waals surface area contributed by atoms with Crippen molar-refractivity contribution in [2.75, 3.05) is 5.32 Å². The Morgan fingerprint density at radius 3 is 2.58 bits per heavy atom. The number of carbonyl (C=O) groups excluding carboxylic acids is 1. The van der Waals surface area contributed by atoms with Gasteiger partial charge in [-0.2, -0.15) is 0 Å². The molecule has 0 aliphatic heterocycles. The molecule has 3 N–H and O–H groups in total. The van der Waals surface area contributed by atoms with Crippen molar-refractivity contribution in [1.29, 1.82) is 0 Å². The summed E-state index contributed by atoms with van der Waals surface area (Å²) < 4.78 is 26.9. The molecule has 0 aliphatic rings. The van der Waals surface area contributed by atoms with Crippen molar-refractivity contribution < 1.29 is 17.6 Å². The van der Waals surface area contributed by atoms with Crippen LogP contribution in [0.4, 0.5) is 5.69 Å². The summed E-state index contributed by atoms with van der Waals surface area (Å²) in [5, 5.41) is 7.04. The van der Waals surface area contributed by atoms with Gasteiger partial charge in [0.15, 0.2) is 5.76 Å². The Morgan fingerprint density at radius 1 is 1.26 bits per heavy atom. The van der Waals surface area contributed by atoms with Gasteiger partial charge >= 0.3 is 0 Å². The molecule has 0 unspecified atom stereocenters. The first-order valence-corrected chi connectivity index (χ1v) is 6.91. The summed E-state index contributed by atoms with van der Waals surface area (Å²) in [6, 6.07) is 9.58. The normalized spacial score (nSPS) is 11.3. The molecular weight excluding hydrogens is 268 g/mol. The first kappa shape index (κ1) is 13.3. The zero-order valence-electron chi connectivity index (χ0n) is 10.1. The number of anilines is 1. The number of furan rings is 1. The van der Waals surface area contributed by atoms with Crippen LogP contribution in [0.25, 0.3) is 0 Å². The average Bonchev–Trinajstić information content (AvgIpc) is 2.77. The summed E-state index contributed by atoms with van der Waals surface area (Å²) in [5.74, 6) is -0.661. The molecule has 0 bridgehead atoms. The zero-order valence-corrected chi connectivity index (χ0v) is 10.9. The third-order valence-electron chi connectivity index (χ3n) is 2.36. The fourth-order valence-electron chi connectivity index (χ4n) is 1.51. The van der Waals surface area contributed by atoms with Gasteiger partial charge in [-0.15, -0.1) is 0 Å². The summed E-state index contributed by atoms with van der Waals surface area (Å²) in [7, 11) is -3.94. The van der Waals surface area contributed by atoms with Gasteiger partial charge in [0.05, 0.1) is 0 Å². The van der Waals surface area contributed by atoms with E-state index in [0.29, 0.717) is 5.69 Å². The smallest absolute Gasteiger partial charge is 0.291 e. The van der Waals surface area contributed by atoms with Gasteiger partial charge in [0, 0.05) is 5.69 Å². The van der Waals surface area contributed by atoms with Crippen LogP contribution in [0.3, 0.4) is 0 Å². The second-order valence-corrected chi connectivity index (χ2v) is 5.48. The Hall–Kier alpha value is -2.12. The lowest BCUT2D eigenvalue weighted by molar-refractivity contribution is 0.0991. The first-order valence-electron chi connectivity index (χ1n) is 5.37. The minimum atomic E-state index is -3.94. The molecule has 0 aliphatic carbocycles. The quantitative estimate of drug-likeness (QED) is 0.889. The molecular formula is C12H12N2O4S. The standard InChI is InChI=1S/C12H12N2O4S/c1-8-3-2-4-9(7-8)14-12(15)10-5-6-11(18-10)19(13,16)17/h2-7H,1H3,(H,14,15)(H2,13,16,17). The van der Waals surface area contributed by atoms with Gasteiger partial charge in [-0.05, 0) is 36.8 Å². The van der Waals surface area contributed by atoms with E-state index in [1.54, 1.807) is 18.2 Å². The van der Waals surface area contributed by atoms with E-state index >= 15 is 0 Å². The summed E-state index contributed by atoms with van der Waals surface area (Å²) >= 11 is 0. The number of sulfonamides is 1. The third-order valence-corrected chi connectivity index (χ3v) is 3.14. The van der Waals surface area contributed by atoms with Crippen LogP contribution in [0.2, 0.25) is 0 Å². The maximum Gasteiger partial charge on any atom is 0.291 e. The van der Waals surface area contributed by atoms with E-state index in [1.165, 1.54) is 6.07 Å². The average molecular weight is 280 g/mol. The van der Waals surface area contributed by atoms with E-state index in [0.717, 1.165) is 11.6 Å². The molecule has 0 saturated heterocycles. The number of hydrogen-bond acceptors (Lipinski definition) is 4. The number of aryl methyl sites for hydroxylation is 1. The van der Waals surface area contributed by atoms with Gasteiger partial charge in [-0.25, -0.2) is 13.6 Å². The molecule has 1 heterocycles. The summed E-state index contributed by atoms with van der Waals surface area (Å²) in [6.45, 7) is 1.89. The van der Waals surface area contributed by atoms with E-state index in [-0.39, 0.29) is 5.76 Å². The number of nitrogens with one attached hydrogen (secondary N) is 1. The number of amides is 1. The number of primary sulfonamides is 1. The van der Waals surface area contributed by atoms with Crippen molar-refractivity contribution in [3.05, 3.63) is 47.7 Å². The Balaban J connectivity index is 2.19. The van der Waals surface area contributed by atoms with E-state index in [9.17, 15) is 13.2 Å². The minimum absolute atomic E-state index is 0.120. The molecule has 0 spiro atoms. The summed E-state index contributed by atoms with van der Waals surface area (Å²) in [4.78, 5) is 11.8. The van der Waals surface area contributed by atoms with E-state index in [1.807, 2.05) is 13.0 Å². The first-order chi connectivity index (χ1) is 8.86. The molecule has 0 fully saturated rings. The Labute approximate surface area is 110 Å². The van der Waals surface area contributed by atoms with Crippen LogP contribution >= 0.6 is 0 Å². The largest absolute Gasteiger partial charge is 0.438 e. The van der Waals surface area contributed by atoms with Gasteiger partial charge in [0.25, 0.3) is 15.9 Å². The monoisotopic (exact) mass is 280 g/mol. The lowest BCUT2D eigenvalue weighted by Crippen LogP contribution is -2.12. The fourth-order valence-corrected chi connectivity index (χ4v) is 1.97. The predicted molar refractivity (Wildman–Crippen MR) is 69.2 cm³/mol. The molecule has 19 heavy (non-hydrogen) atoms. The third kappa shape index (κ3) is 3.21. The molecule has 1 amide bonds. The van der Waals surface area contributed by atoms with Gasteiger partial charge in [-0.1, -0.05) is 12.1 Å². The van der Waals surface area contributed by atoms with Gasteiger partial charge in [0.2, 0.25) is 5.09 Å². The van der Waals surface area contributed by atoms with E-state index in [4.69, 9.17) is 9.56 Å². The molecule has 0 saturated carbocycles. The van der Waals surface area contributed by atoms with Crippen molar-refractivity contribution in [3.63, 3.8) is 0 Å². The highest BCUT2D eigenvalue weighted by Crippen LogP contribution is 2.15. The van der Waals surface area contributed by atoms with Crippen molar-refractivity contribution in [3.8, 4) is 0 Å². The van der Waals surface area contributed by atoms with Crippen LogP contribution in [0.15, 0.2) is 45.9 Å². The number of rotatable bonds is 3. The Bertz CT molecular complexity index is 719. The predicted octanol–water partition coefficient (Wildman–Crippen LogP) is 1.49. The van der Waals surface area contributed by atoms with E-state index in [2.05, 4.69) is 5.32 Å². The van der Waals surface area contributed by atoms with Crippen molar-refractivity contribution in [2.24, 2.45) is 5.14 Å². The second-order valence-electron chi connectivity index (χ2n) is 3.99. The van der Waals surface area contributed by atoms with Crippen LogP contribution in [0.5, 0.6) is 0 Å². The highest BCUT2D eigenvalue weighted by molar-refractivity contribution is 7.89. The van der Waals surface area contributed by atoms with Gasteiger partial charge in [-0.3, -0.25) is 4.79 Å². The van der Waals surface area contributed by atoms with Crippen LogP contribution in [-0.4, -0.2) is 14.3 Å². The van der Waals surface area contributed by atoms with Crippen molar-refractivity contribution in [1.82, 2.24) is 0 Å². The van der Waals surface area contributed by atoms with Crippen LogP contribution in [0, 0.1) is 6.92 Å². The van der Waals surface area contributed by atoms with Crippen molar-refractivity contribution >= 4 is 21.6 Å². The van der Waals surface area contributed by atoms with Crippen LogP contribution in [0.1, 0.15) is 16.1 Å². The maximum absolute atomic E-state index is 11.8. The summed E-state index contributed by atoms with van der Waals surface area (Å²) in [6.07, 6.45) is 0. The van der Waals surface area contributed by atoms with Crippen LogP contribution in [-0.2, 0) is 10.0 Å². The number of carbonyl (C=O) groups is 1. The number of hydrogen-bond donors (Lipinski definition) is 2. The SMILES string of the molecule is Cc1cccc(NC(=O)c2ccc(S(N)(=O)=O)o2)c1. The van der Waals surface area contributed by atoms with Gasteiger partial charge < -0.3 is 9.73 Å². The molecule has 6 nitrogen and oxygen atoms in total. The molecule has 0 radical (unpaired) electrons. The molecule has 7 heteroatoms. The summed E-state index contributed by atoms with van der Waals surface area (Å²) in [5.41, 5.74) is 1.58. The van der Waals surface area contributed by atoms with Crippen LogP contribution < -0.4 is 10.5 Å². The lowest BCUT2D eigenvalue weighted by Gasteiger charge is -2.03. The fraction of sp³-hybridized carbons (Fsp3) is 0.0833. The second kappa shape index (κ2) is 4.87. The highest BCUT2D eigenvalue weighted by Gasteiger charge is 2.17. The number of nitrogens with two attached hydrogens (primary N) is 1. The zero-order chi connectivity index (χ0) is 14.0. The molecule has 100 valence electrons. The molecule has 0 atom stereocenters. The Kier molecular flexibility index (Phi) is 3.41. The molecule has 2 aromatic rings. The minimum Gasteiger partial charge on any atom is -0.438 e. The topological polar surface area (TPSA) is 102 Å². The van der Waals surface area contributed by atoms with E-state index < -0.39 is 21.0 Å². The highest BCUT2D eigenvalue weighted by atomic mass is 32.2. The molecule has 1 aromatic heterocycles. The maximum atomic E-state index is 11.8.